The third kappa shape index (κ3) is 3.01. The summed E-state index contributed by atoms with van der Waals surface area (Å²) in [6, 6.07) is 8.73. The number of hydrogen-bond acceptors (Lipinski definition) is 2. The van der Waals surface area contributed by atoms with Crippen molar-refractivity contribution in [3.8, 4) is 5.75 Å². The third-order valence-electron chi connectivity index (χ3n) is 3.83. The van der Waals surface area contributed by atoms with E-state index in [2.05, 4.69) is 31.3 Å². The van der Waals surface area contributed by atoms with Gasteiger partial charge >= 0.3 is 0 Å². The minimum Gasteiger partial charge on any atom is -0.496 e. The lowest BCUT2D eigenvalue weighted by Gasteiger charge is -2.20. The maximum Gasteiger partial charge on any atom is 0.123 e. The first kappa shape index (κ1) is 12.4. The molecule has 1 aliphatic rings. The van der Waals surface area contributed by atoms with Crippen LogP contribution in [-0.4, -0.2) is 13.7 Å². The first-order chi connectivity index (χ1) is 8.26. The van der Waals surface area contributed by atoms with Gasteiger partial charge in [0.15, 0.2) is 0 Å². The van der Waals surface area contributed by atoms with E-state index in [4.69, 9.17) is 4.74 Å². The fourth-order valence-corrected chi connectivity index (χ4v) is 2.41. The number of hydrogen-bond donors (Lipinski definition) is 1. The van der Waals surface area contributed by atoms with E-state index < -0.39 is 0 Å². The number of nitrogens with one attached hydrogen (secondary N) is 1. The van der Waals surface area contributed by atoms with Gasteiger partial charge in [0, 0.05) is 11.6 Å². The Morgan fingerprint density at radius 2 is 2.12 bits per heavy atom. The van der Waals surface area contributed by atoms with Gasteiger partial charge < -0.3 is 10.1 Å². The van der Waals surface area contributed by atoms with Crippen LogP contribution >= 0.6 is 0 Å². The van der Waals surface area contributed by atoms with Crippen molar-refractivity contribution >= 4 is 0 Å². The standard InChI is InChI=1S/C15H23NO/c1-4-14(16-10-12-9-11(12)2)13-7-5-6-8-15(13)17-3/h5-8,11-12,14,16H,4,9-10H2,1-3H3. The monoisotopic (exact) mass is 233 g/mol. The second kappa shape index (κ2) is 5.54. The van der Waals surface area contributed by atoms with Gasteiger partial charge in [-0.25, -0.2) is 0 Å². The van der Waals surface area contributed by atoms with Crippen LogP contribution in [0, 0.1) is 11.8 Å². The zero-order valence-corrected chi connectivity index (χ0v) is 11.1. The molecule has 3 atom stereocenters. The Labute approximate surface area is 104 Å². The minimum absolute atomic E-state index is 0.416. The van der Waals surface area contributed by atoms with E-state index in [9.17, 15) is 0 Å². The van der Waals surface area contributed by atoms with Crippen LogP contribution < -0.4 is 10.1 Å². The summed E-state index contributed by atoms with van der Waals surface area (Å²) < 4.78 is 5.43. The third-order valence-corrected chi connectivity index (χ3v) is 3.83. The highest BCUT2D eigenvalue weighted by Crippen LogP contribution is 2.37. The molecule has 0 aliphatic heterocycles. The van der Waals surface area contributed by atoms with Gasteiger partial charge in [-0.1, -0.05) is 32.0 Å². The summed E-state index contributed by atoms with van der Waals surface area (Å²) in [7, 11) is 1.74. The molecule has 0 saturated heterocycles. The molecule has 2 heteroatoms. The van der Waals surface area contributed by atoms with Crippen LogP contribution in [-0.2, 0) is 0 Å². The molecule has 94 valence electrons. The molecule has 3 unspecified atom stereocenters. The number of benzene rings is 1. The molecule has 0 radical (unpaired) electrons. The Kier molecular flexibility index (Phi) is 4.06. The molecule has 2 rings (SSSR count). The fraction of sp³-hybridized carbons (Fsp3) is 0.600. The topological polar surface area (TPSA) is 21.3 Å². The van der Waals surface area contributed by atoms with Crippen molar-refractivity contribution in [2.45, 2.75) is 32.7 Å². The van der Waals surface area contributed by atoms with Gasteiger partial charge in [0.1, 0.15) is 5.75 Å². The van der Waals surface area contributed by atoms with Gasteiger partial charge in [0.25, 0.3) is 0 Å². The molecule has 1 N–H and O–H groups in total. The highest BCUT2D eigenvalue weighted by atomic mass is 16.5. The first-order valence-corrected chi connectivity index (χ1v) is 6.62. The molecule has 0 aromatic heterocycles. The first-order valence-electron chi connectivity index (χ1n) is 6.62. The number of rotatable bonds is 6. The lowest BCUT2D eigenvalue weighted by Crippen LogP contribution is -2.23. The zero-order chi connectivity index (χ0) is 12.3. The van der Waals surface area contributed by atoms with E-state index >= 15 is 0 Å². The van der Waals surface area contributed by atoms with E-state index in [0.717, 1.165) is 30.6 Å². The average molecular weight is 233 g/mol. The molecule has 1 aromatic carbocycles. The minimum atomic E-state index is 0.416. The summed E-state index contributed by atoms with van der Waals surface area (Å²) in [5, 5.41) is 3.67. The summed E-state index contributed by atoms with van der Waals surface area (Å²) >= 11 is 0. The van der Waals surface area contributed by atoms with Crippen molar-refractivity contribution in [2.75, 3.05) is 13.7 Å². The van der Waals surface area contributed by atoms with E-state index in [1.807, 2.05) is 12.1 Å². The molecule has 17 heavy (non-hydrogen) atoms. The van der Waals surface area contributed by atoms with Gasteiger partial charge in [-0.3, -0.25) is 0 Å². The smallest absolute Gasteiger partial charge is 0.123 e. The van der Waals surface area contributed by atoms with Crippen LogP contribution in [0.3, 0.4) is 0 Å². The van der Waals surface area contributed by atoms with Gasteiger partial charge in [0.05, 0.1) is 7.11 Å². The van der Waals surface area contributed by atoms with E-state index in [1.54, 1.807) is 7.11 Å². The van der Waals surface area contributed by atoms with Crippen molar-refractivity contribution < 1.29 is 4.74 Å². The van der Waals surface area contributed by atoms with E-state index in [0.29, 0.717) is 6.04 Å². The van der Waals surface area contributed by atoms with Gasteiger partial charge in [-0.05, 0) is 37.3 Å². The number of para-hydroxylation sites is 1. The molecule has 1 aliphatic carbocycles. The molecule has 1 fully saturated rings. The maximum atomic E-state index is 5.43. The van der Waals surface area contributed by atoms with E-state index in [1.165, 1.54) is 12.0 Å². The Bertz CT molecular complexity index is 364. The number of ether oxygens (including phenoxy) is 1. The average Bonchev–Trinajstić information content (AvgIpc) is 3.07. The largest absolute Gasteiger partial charge is 0.496 e. The second-order valence-electron chi connectivity index (χ2n) is 5.08. The lowest BCUT2D eigenvalue weighted by atomic mass is 10.0. The molecule has 1 aromatic rings. The normalized spacial score (nSPS) is 24.4. The van der Waals surface area contributed by atoms with Crippen molar-refractivity contribution in [3.05, 3.63) is 29.8 Å². The van der Waals surface area contributed by atoms with Crippen LogP contribution in [0.4, 0.5) is 0 Å². The van der Waals surface area contributed by atoms with Crippen molar-refractivity contribution in [1.29, 1.82) is 0 Å². The second-order valence-corrected chi connectivity index (χ2v) is 5.08. The summed E-state index contributed by atoms with van der Waals surface area (Å²) in [6.07, 6.45) is 2.48. The molecule has 1 saturated carbocycles. The van der Waals surface area contributed by atoms with Crippen LogP contribution in [0.25, 0.3) is 0 Å². The molecule has 0 bridgehead atoms. The van der Waals surface area contributed by atoms with Crippen molar-refractivity contribution in [1.82, 2.24) is 5.32 Å². The Morgan fingerprint density at radius 3 is 2.71 bits per heavy atom. The summed E-state index contributed by atoms with van der Waals surface area (Å²) in [4.78, 5) is 0. The van der Waals surface area contributed by atoms with Crippen LogP contribution in [0.5, 0.6) is 5.75 Å². The Balaban J connectivity index is 2.00. The molecular formula is C15H23NO. The number of methoxy groups -OCH3 is 1. The SMILES string of the molecule is CCC(NCC1CC1C)c1ccccc1OC. The van der Waals surface area contributed by atoms with Crippen molar-refractivity contribution in [3.63, 3.8) is 0 Å². The van der Waals surface area contributed by atoms with Gasteiger partial charge in [-0.15, -0.1) is 0 Å². The van der Waals surface area contributed by atoms with Gasteiger partial charge in [-0.2, -0.15) is 0 Å². The van der Waals surface area contributed by atoms with Crippen LogP contribution in [0.15, 0.2) is 24.3 Å². The highest BCUT2D eigenvalue weighted by molar-refractivity contribution is 5.35. The fourth-order valence-electron chi connectivity index (χ4n) is 2.41. The van der Waals surface area contributed by atoms with Crippen LogP contribution in [0.1, 0.15) is 38.3 Å². The molecule has 2 nitrogen and oxygen atoms in total. The predicted molar refractivity (Wildman–Crippen MR) is 71.3 cm³/mol. The maximum absolute atomic E-state index is 5.43. The quantitative estimate of drug-likeness (QED) is 0.813. The lowest BCUT2D eigenvalue weighted by molar-refractivity contribution is 0.395. The molecular weight excluding hydrogens is 210 g/mol. The Morgan fingerprint density at radius 1 is 1.41 bits per heavy atom. The predicted octanol–water partition coefficient (Wildman–Crippen LogP) is 3.39. The van der Waals surface area contributed by atoms with Crippen molar-refractivity contribution in [2.24, 2.45) is 11.8 Å². The molecule has 0 amide bonds. The molecule has 0 heterocycles. The summed E-state index contributed by atoms with van der Waals surface area (Å²) in [5.41, 5.74) is 1.28. The van der Waals surface area contributed by atoms with Gasteiger partial charge in [0.2, 0.25) is 0 Å². The summed E-state index contributed by atoms with van der Waals surface area (Å²) in [5.74, 6) is 2.80. The zero-order valence-electron chi connectivity index (χ0n) is 11.1. The van der Waals surface area contributed by atoms with E-state index in [-0.39, 0.29) is 0 Å². The summed E-state index contributed by atoms with van der Waals surface area (Å²) in [6.45, 7) is 5.69. The highest BCUT2D eigenvalue weighted by Gasteiger charge is 2.32. The molecule has 0 spiro atoms. The van der Waals surface area contributed by atoms with Crippen LogP contribution in [0.2, 0.25) is 0 Å². The Hall–Kier alpha value is -1.02.